The summed E-state index contributed by atoms with van der Waals surface area (Å²) in [5, 5.41) is 7.09. The van der Waals surface area contributed by atoms with E-state index in [1.807, 2.05) is 0 Å². The molecule has 0 saturated carbocycles. The SMILES string of the molecule is CO[C@](C)(CNC(=O)c1cc(-c2ccc(F)cc2)nn1C)c1ccccc1F. The Hall–Kier alpha value is -3.06. The van der Waals surface area contributed by atoms with Gasteiger partial charge in [0.2, 0.25) is 0 Å². The largest absolute Gasteiger partial charge is 0.372 e. The highest BCUT2D eigenvalue weighted by Crippen LogP contribution is 2.26. The number of benzene rings is 2. The first-order valence-electron chi connectivity index (χ1n) is 8.72. The molecule has 0 aliphatic heterocycles. The van der Waals surface area contributed by atoms with Crippen LogP contribution in [0.3, 0.4) is 0 Å². The third-order valence-corrected chi connectivity index (χ3v) is 4.73. The fourth-order valence-corrected chi connectivity index (χ4v) is 2.95. The maximum atomic E-state index is 14.2. The second-order valence-corrected chi connectivity index (χ2v) is 6.64. The molecule has 0 radical (unpaired) electrons. The quantitative estimate of drug-likeness (QED) is 0.705. The van der Waals surface area contributed by atoms with E-state index in [9.17, 15) is 13.6 Å². The van der Waals surface area contributed by atoms with Crippen LogP contribution in [0, 0.1) is 11.6 Å². The predicted molar refractivity (Wildman–Crippen MR) is 102 cm³/mol. The summed E-state index contributed by atoms with van der Waals surface area (Å²) in [6.45, 7) is 1.78. The van der Waals surface area contributed by atoms with Crippen LogP contribution in [-0.4, -0.2) is 29.3 Å². The van der Waals surface area contributed by atoms with E-state index in [-0.39, 0.29) is 18.3 Å². The number of carbonyl (C=O) groups is 1. The van der Waals surface area contributed by atoms with Gasteiger partial charge in [0.15, 0.2) is 0 Å². The summed E-state index contributed by atoms with van der Waals surface area (Å²) in [4.78, 5) is 12.7. The van der Waals surface area contributed by atoms with Crippen LogP contribution in [0.25, 0.3) is 11.3 Å². The number of halogens is 2. The van der Waals surface area contributed by atoms with Crippen LogP contribution in [0.4, 0.5) is 8.78 Å². The van der Waals surface area contributed by atoms with Crippen molar-refractivity contribution in [1.29, 1.82) is 0 Å². The van der Waals surface area contributed by atoms with Crippen molar-refractivity contribution in [2.75, 3.05) is 13.7 Å². The molecular formula is C21H21F2N3O2. The molecule has 1 N–H and O–H groups in total. The molecule has 0 bridgehead atoms. The number of ether oxygens (including phenoxy) is 1. The Morgan fingerprint density at radius 2 is 1.86 bits per heavy atom. The van der Waals surface area contributed by atoms with Crippen LogP contribution in [-0.2, 0) is 17.4 Å². The number of nitrogens with zero attached hydrogens (tertiary/aromatic N) is 2. The van der Waals surface area contributed by atoms with Crippen molar-refractivity contribution in [3.05, 3.63) is 77.5 Å². The Labute approximate surface area is 161 Å². The lowest BCUT2D eigenvalue weighted by Gasteiger charge is -2.29. The van der Waals surface area contributed by atoms with Gasteiger partial charge in [0.25, 0.3) is 5.91 Å². The van der Waals surface area contributed by atoms with Crippen LogP contribution >= 0.6 is 0 Å². The maximum Gasteiger partial charge on any atom is 0.269 e. The van der Waals surface area contributed by atoms with Crippen molar-refractivity contribution < 1.29 is 18.3 Å². The lowest BCUT2D eigenvalue weighted by atomic mass is 9.95. The van der Waals surface area contributed by atoms with Gasteiger partial charge in [-0.05, 0) is 43.3 Å². The topological polar surface area (TPSA) is 56.1 Å². The zero-order chi connectivity index (χ0) is 20.3. The molecule has 0 unspecified atom stereocenters. The average Bonchev–Trinajstić information content (AvgIpc) is 3.08. The molecule has 2 aromatic carbocycles. The molecule has 0 spiro atoms. The second-order valence-electron chi connectivity index (χ2n) is 6.64. The molecule has 146 valence electrons. The third kappa shape index (κ3) is 3.94. The molecule has 1 heterocycles. The van der Waals surface area contributed by atoms with E-state index in [2.05, 4.69) is 10.4 Å². The van der Waals surface area contributed by atoms with E-state index in [4.69, 9.17) is 4.74 Å². The van der Waals surface area contributed by atoms with Crippen molar-refractivity contribution in [2.45, 2.75) is 12.5 Å². The summed E-state index contributed by atoms with van der Waals surface area (Å²) < 4.78 is 34.2. The normalized spacial score (nSPS) is 13.2. The van der Waals surface area contributed by atoms with Crippen molar-refractivity contribution in [3.63, 3.8) is 0 Å². The zero-order valence-electron chi connectivity index (χ0n) is 15.9. The molecule has 5 nitrogen and oxygen atoms in total. The molecule has 7 heteroatoms. The maximum absolute atomic E-state index is 14.2. The number of aryl methyl sites for hydroxylation is 1. The Bertz CT molecular complexity index is 986. The number of rotatable bonds is 6. The number of nitrogens with one attached hydrogen (secondary N) is 1. The first-order valence-corrected chi connectivity index (χ1v) is 8.72. The van der Waals surface area contributed by atoms with Gasteiger partial charge in [0.05, 0.1) is 12.2 Å². The summed E-state index contributed by atoms with van der Waals surface area (Å²) >= 11 is 0. The standard InChI is InChI=1S/C21H21F2N3O2/c1-21(28-3,16-6-4-5-7-17(16)23)13-24-20(27)19-12-18(25-26(19)2)14-8-10-15(22)11-9-14/h4-12H,13H2,1-3H3,(H,24,27)/t21-/m1/s1. The van der Waals surface area contributed by atoms with Crippen LogP contribution in [0.2, 0.25) is 0 Å². The molecule has 0 fully saturated rings. The Morgan fingerprint density at radius 1 is 1.18 bits per heavy atom. The number of hydrogen-bond acceptors (Lipinski definition) is 3. The van der Waals surface area contributed by atoms with E-state index < -0.39 is 11.4 Å². The van der Waals surface area contributed by atoms with Gasteiger partial charge >= 0.3 is 0 Å². The first kappa shape index (κ1) is 19.7. The minimum atomic E-state index is -1.03. The van der Waals surface area contributed by atoms with Crippen molar-refractivity contribution >= 4 is 5.91 Å². The second kappa shape index (κ2) is 7.90. The fourth-order valence-electron chi connectivity index (χ4n) is 2.95. The first-order chi connectivity index (χ1) is 13.3. The Balaban J connectivity index is 1.78. The molecule has 3 aromatic rings. The van der Waals surface area contributed by atoms with Gasteiger partial charge in [-0.1, -0.05) is 18.2 Å². The highest BCUT2D eigenvalue weighted by atomic mass is 19.1. The van der Waals surface area contributed by atoms with Crippen LogP contribution in [0.5, 0.6) is 0 Å². The van der Waals surface area contributed by atoms with Gasteiger partial charge in [-0.15, -0.1) is 0 Å². The van der Waals surface area contributed by atoms with Gasteiger partial charge in [-0.2, -0.15) is 5.10 Å². The van der Waals surface area contributed by atoms with Gasteiger partial charge in [0.1, 0.15) is 22.9 Å². The van der Waals surface area contributed by atoms with E-state index in [0.29, 0.717) is 22.5 Å². The van der Waals surface area contributed by atoms with Gasteiger partial charge in [-0.25, -0.2) is 8.78 Å². The molecule has 3 rings (SSSR count). The van der Waals surface area contributed by atoms with E-state index in [0.717, 1.165) is 0 Å². The minimum Gasteiger partial charge on any atom is -0.372 e. The summed E-state index contributed by atoms with van der Waals surface area (Å²) in [5.41, 5.74) is 0.904. The van der Waals surface area contributed by atoms with Crippen LogP contribution in [0.15, 0.2) is 54.6 Å². The van der Waals surface area contributed by atoms with Crippen LogP contribution < -0.4 is 5.32 Å². The molecule has 1 atom stereocenters. The average molecular weight is 385 g/mol. The fraction of sp³-hybridized carbons (Fsp3) is 0.238. The van der Waals surface area contributed by atoms with E-state index in [1.165, 1.54) is 30.0 Å². The Kier molecular flexibility index (Phi) is 5.56. The van der Waals surface area contributed by atoms with Crippen molar-refractivity contribution in [2.24, 2.45) is 7.05 Å². The van der Waals surface area contributed by atoms with Crippen molar-refractivity contribution in [3.8, 4) is 11.3 Å². The highest BCUT2D eigenvalue weighted by Gasteiger charge is 2.30. The molecular weight excluding hydrogens is 364 g/mol. The number of carbonyl (C=O) groups excluding carboxylic acids is 1. The lowest BCUT2D eigenvalue weighted by molar-refractivity contribution is 0.000312. The molecule has 1 aromatic heterocycles. The monoisotopic (exact) mass is 385 g/mol. The number of methoxy groups -OCH3 is 1. The van der Waals surface area contributed by atoms with Gasteiger partial charge in [0, 0.05) is 25.3 Å². The molecule has 1 amide bonds. The third-order valence-electron chi connectivity index (χ3n) is 4.73. The molecule has 0 aliphatic rings. The summed E-state index contributed by atoms with van der Waals surface area (Å²) in [5.74, 6) is -1.12. The van der Waals surface area contributed by atoms with Crippen LogP contribution in [0.1, 0.15) is 23.0 Å². The molecule has 0 aliphatic carbocycles. The molecule has 28 heavy (non-hydrogen) atoms. The van der Waals surface area contributed by atoms with Crippen molar-refractivity contribution in [1.82, 2.24) is 15.1 Å². The smallest absolute Gasteiger partial charge is 0.269 e. The van der Waals surface area contributed by atoms with Gasteiger partial charge < -0.3 is 10.1 Å². The summed E-state index contributed by atoms with van der Waals surface area (Å²) in [7, 11) is 3.11. The number of hydrogen-bond donors (Lipinski definition) is 1. The molecule has 0 saturated heterocycles. The van der Waals surface area contributed by atoms with E-state index >= 15 is 0 Å². The van der Waals surface area contributed by atoms with E-state index in [1.54, 1.807) is 50.4 Å². The Morgan fingerprint density at radius 3 is 2.50 bits per heavy atom. The number of aromatic nitrogens is 2. The van der Waals surface area contributed by atoms with Gasteiger partial charge in [-0.3, -0.25) is 9.48 Å². The lowest BCUT2D eigenvalue weighted by Crippen LogP contribution is -2.41. The summed E-state index contributed by atoms with van der Waals surface area (Å²) in [6, 6.07) is 13.8. The summed E-state index contributed by atoms with van der Waals surface area (Å²) in [6.07, 6.45) is 0. The minimum absolute atomic E-state index is 0.0698. The predicted octanol–water partition coefficient (Wildman–Crippen LogP) is 3.66. The highest BCUT2D eigenvalue weighted by molar-refractivity contribution is 5.93. The number of amides is 1. The zero-order valence-corrected chi connectivity index (χ0v) is 15.9.